The van der Waals surface area contributed by atoms with E-state index in [9.17, 15) is 18.0 Å². The summed E-state index contributed by atoms with van der Waals surface area (Å²) in [4.78, 5) is 25.1. The van der Waals surface area contributed by atoms with E-state index in [1.807, 2.05) is 42.5 Å². The van der Waals surface area contributed by atoms with Gasteiger partial charge in [0.2, 0.25) is 10.0 Å². The van der Waals surface area contributed by atoms with Crippen molar-refractivity contribution in [2.45, 2.75) is 17.9 Å². The van der Waals surface area contributed by atoms with Gasteiger partial charge in [-0.15, -0.1) is 0 Å². The molecule has 1 atom stereocenters. The first-order chi connectivity index (χ1) is 14.7. The average Bonchev–Trinajstić information content (AvgIpc) is 3.17. The number of carbonyl (C=O) groups is 2. The van der Waals surface area contributed by atoms with E-state index in [1.165, 1.54) is 37.8 Å². The lowest BCUT2D eigenvalue weighted by molar-refractivity contribution is -0.123. The molecule has 2 aromatic carbocycles. The molecular formula is C22H23N3O5S. The molecule has 0 radical (unpaired) electrons. The molecule has 1 amide bonds. The Kier molecular flexibility index (Phi) is 6.57. The molecular weight excluding hydrogens is 418 g/mol. The number of carbonyl (C=O) groups excluding carboxylic acids is 2. The van der Waals surface area contributed by atoms with Gasteiger partial charge in [-0.25, -0.2) is 17.9 Å². The standard InChI is InChI=1S/C22H23N3O5S/c1-15(30-22(27)20-13-17(14-25(20)3)31(28,29)23-2)21(26)24-19-12-8-7-11-18(19)16-9-5-4-6-10-16/h4-15,23H,1-3H3,(H,24,26). The highest BCUT2D eigenvalue weighted by Gasteiger charge is 2.24. The maximum absolute atomic E-state index is 12.7. The van der Waals surface area contributed by atoms with Crippen LogP contribution in [0.5, 0.6) is 0 Å². The van der Waals surface area contributed by atoms with Crippen molar-refractivity contribution in [3.8, 4) is 11.1 Å². The van der Waals surface area contributed by atoms with Crippen LogP contribution in [0, 0.1) is 0 Å². The average molecular weight is 442 g/mol. The molecule has 1 aromatic heterocycles. The molecule has 2 N–H and O–H groups in total. The number of aryl methyl sites for hydroxylation is 1. The normalized spacial score (nSPS) is 12.2. The number of hydrogen-bond acceptors (Lipinski definition) is 5. The highest BCUT2D eigenvalue weighted by molar-refractivity contribution is 7.89. The van der Waals surface area contributed by atoms with E-state index in [2.05, 4.69) is 10.0 Å². The molecule has 3 rings (SSSR count). The molecule has 1 heterocycles. The number of hydrogen-bond donors (Lipinski definition) is 2. The van der Waals surface area contributed by atoms with Gasteiger partial charge in [-0.05, 0) is 31.7 Å². The van der Waals surface area contributed by atoms with Gasteiger partial charge in [0.25, 0.3) is 5.91 Å². The summed E-state index contributed by atoms with van der Waals surface area (Å²) in [6.07, 6.45) is 0.194. The van der Waals surface area contributed by atoms with Gasteiger partial charge in [-0.3, -0.25) is 4.79 Å². The molecule has 0 saturated heterocycles. The van der Waals surface area contributed by atoms with E-state index in [4.69, 9.17) is 4.74 Å². The molecule has 0 bridgehead atoms. The quantitative estimate of drug-likeness (QED) is 0.549. The van der Waals surface area contributed by atoms with Gasteiger partial charge < -0.3 is 14.6 Å². The van der Waals surface area contributed by atoms with E-state index in [-0.39, 0.29) is 10.6 Å². The van der Waals surface area contributed by atoms with Gasteiger partial charge in [0.05, 0.1) is 0 Å². The second kappa shape index (κ2) is 9.15. The fourth-order valence-corrected chi connectivity index (χ4v) is 3.77. The predicted molar refractivity (Wildman–Crippen MR) is 117 cm³/mol. The first kappa shape index (κ1) is 22.3. The van der Waals surface area contributed by atoms with Crippen molar-refractivity contribution in [2.24, 2.45) is 7.05 Å². The van der Waals surface area contributed by atoms with E-state index in [0.717, 1.165) is 11.1 Å². The van der Waals surface area contributed by atoms with Crippen molar-refractivity contribution in [3.05, 3.63) is 72.6 Å². The summed E-state index contributed by atoms with van der Waals surface area (Å²) >= 11 is 0. The van der Waals surface area contributed by atoms with Gasteiger partial charge in [0, 0.05) is 24.5 Å². The van der Waals surface area contributed by atoms with Gasteiger partial charge in [0.15, 0.2) is 6.10 Å². The SMILES string of the molecule is CNS(=O)(=O)c1cc(C(=O)OC(C)C(=O)Nc2ccccc2-c2ccccc2)n(C)c1. The second-order valence-corrected chi connectivity index (χ2v) is 8.71. The number of aromatic nitrogens is 1. The van der Waals surface area contributed by atoms with Crippen molar-refractivity contribution in [1.82, 2.24) is 9.29 Å². The molecule has 3 aromatic rings. The zero-order valence-corrected chi connectivity index (χ0v) is 18.1. The van der Waals surface area contributed by atoms with Gasteiger partial charge in [-0.2, -0.15) is 0 Å². The van der Waals surface area contributed by atoms with E-state index in [1.54, 1.807) is 12.1 Å². The first-order valence-electron chi connectivity index (χ1n) is 9.49. The highest BCUT2D eigenvalue weighted by atomic mass is 32.2. The maximum atomic E-state index is 12.7. The third-order valence-electron chi connectivity index (χ3n) is 4.69. The number of nitrogens with zero attached hydrogens (tertiary/aromatic N) is 1. The number of benzene rings is 2. The summed E-state index contributed by atoms with van der Waals surface area (Å²) in [6, 6.07) is 18.1. The number of esters is 1. The number of amides is 1. The molecule has 8 nitrogen and oxygen atoms in total. The summed E-state index contributed by atoms with van der Waals surface area (Å²) < 4.78 is 32.7. The summed E-state index contributed by atoms with van der Waals surface area (Å²) in [7, 11) is -0.910. The largest absolute Gasteiger partial charge is 0.448 e. The Hall–Kier alpha value is -3.43. The molecule has 0 saturated carbocycles. The molecule has 0 aliphatic carbocycles. The number of rotatable bonds is 7. The number of ether oxygens (including phenoxy) is 1. The van der Waals surface area contributed by atoms with Gasteiger partial charge in [-0.1, -0.05) is 48.5 Å². The molecule has 1 unspecified atom stereocenters. The second-order valence-electron chi connectivity index (χ2n) is 6.83. The van der Waals surface area contributed by atoms with Crippen LogP contribution in [0.2, 0.25) is 0 Å². The Balaban J connectivity index is 1.73. The fourth-order valence-electron chi connectivity index (χ4n) is 2.97. The summed E-state index contributed by atoms with van der Waals surface area (Å²) in [6.45, 7) is 1.45. The van der Waals surface area contributed by atoms with Crippen molar-refractivity contribution in [2.75, 3.05) is 12.4 Å². The Morgan fingerprint density at radius 1 is 1.03 bits per heavy atom. The summed E-state index contributed by atoms with van der Waals surface area (Å²) in [5.74, 6) is -1.31. The maximum Gasteiger partial charge on any atom is 0.355 e. The van der Waals surface area contributed by atoms with E-state index < -0.39 is 28.0 Å². The lowest BCUT2D eigenvalue weighted by atomic mass is 10.0. The number of sulfonamides is 1. The zero-order chi connectivity index (χ0) is 22.6. The Bertz CT molecular complexity index is 1200. The van der Waals surface area contributed by atoms with Crippen LogP contribution in [0.4, 0.5) is 5.69 Å². The molecule has 0 fully saturated rings. The fraction of sp³-hybridized carbons (Fsp3) is 0.182. The third kappa shape index (κ3) is 5.01. The van der Waals surface area contributed by atoms with Crippen molar-refractivity contribution >= 4 is 27.6 Å². The molecule has 31 heavy (non-hydrogen) atoms. The number of nitrogens with one attached hydrogen (secondary N) is 2. The van der Waals surface area contributed by atoms with Gasteiger partial charge in [0.1, 0.15) is 10.6 Å². The van der Waals surface area contributed by atoms with Crippen LogP contribution >= 0.6 is 0 Å². The molecule has 0 aliphatic heterocycles. The van der Waals surface area contributed by atoms with Crippen molar-refractivity contribution < 1.29 is 22.7 Å². The van der Waals surface area contributed by atoms with Gasteiger partial charge >= 0.3 is 5.97 Å². The zero-order valence-electron chi connectivity index (χ0n) is 17.3. The van der Waals surface area contributed by atoms with Crippen LogP contribution in [0.25, 0.3) is 11.1 Å². The van der Waals surface area contributed by atoms with Crippen LogP contribution in [0.15, 0.2) is 71.8 Å². The van der Waals surface area contributed by atoms with Crippen LogP contribution < -0.4 is 10.0 Å². The molecule has 9 heteroatoms. The highest BCUT2D eigenvalue weighted by Crippen LogP contribution is 2.27. The molecule has 162 valence electrons. The predicted octanol–water partition coefficient (Wildman–Crippen LogP) is 2.78. The van der Waals surface area contributed by atoms with Crippen molar-refractivity contribution in [1.29, 1.82) is 0 Å². The number of para-hydroxylation sites is 1. The Morgan fingerprint density at radius 2 is 1.68 bits per heavy atom. The first-order valence-corrected chi connectivity index (χ1v) is 11.0. The van der Waals surface area contributed by atoms with E-state index in [0.29, 0.717) is 5.69 Å². The Morgan fingerprint density at radius 3 is 2.35 bits per heavy atom. The van der Waals surface area contributed by atoms with Crippen LogP contribution in [0.1, 0.15) is 17.4 Å². The monoisotopic (exact) mass is 441 g/mol. The molecule has 0 aliphatic rings. The van der Waals surface area contributed by atoms with Crippen LogP contribution in [-0.2, 0) is 26.6 Å². The van der Waals surface area contributed by atoms with Crippen LogP contribution in [-0.4, -0.2) is 38.0 Å². The lowest BCUT2D eigenvalue weighted by Crippen LogP contribution is -2.30. The lowest BCUT2D eigenvalue weighted by Gasteiger charge is -2.16. The minimum Gasteiger partial charge on any atom is -0.448 e. The van der Waals surface area contributed by atoms with E-state index >= 15 is 0 Å². The van der Waals surface area contributed by atoms with Crippen LogP contribution in [0.3, 0.4) is 0 Å². The topological polar surface area (TPSA) is 106 Å². The van der Waals surface area contributed by atoms with Crippen molar-refractivity contribution in [3.63, 3.8) is 0 Å². The summed E-state index contributed by atoms with van der Waals surface area (Å²) in [5.41, 5.74) is 2.37. The smallest absolute Gasteiger partial charge is 0.355 e. The summed E-state index contributed by atoms with van der Waals surface area (Å²) in [5, 5.41) is 2.79. The number of anilines is 1. The Labute approximate surface area is 180 Å². The third-order valence-corrected chi connectivity index (χ3v) is 6.07. The minimum atomic E-state index is -3.71. The molecule has 0 spiro atoms. The minimum absolute atomic E-state index is 0.0122.